The maximum Gasteiger partial charge on any atom is 0.252 e. The third-order valence-electron chi connectivity index (χ3n) is 1.62. The fourth-order valence-corrected chi connectivity index (χ4v) is 1.22. The van der Waals surface area contributed by atoms with Gasteiger partial charge in [-0.15, -0.1) is 11.6 Å². The van der Waals surface area contributed by atoms with Crippen LogP contribution in [0.1, 0.15) is 18.0 Å². The highest BCUT2D eigenvalue weighted by molar-refractivity contribution is 6.20. The molecule has 0 fully saturated rings. The molecule has 12 heavy (non-hydrogen) atoms. The zero-order valence-electron chi connectivity index (χ0n) is 6.48. The van der Waals surface area contributed by atoms with E-state index in [9.17, 15) is 0 Å². The van der Waals surface area contributed by atoms with Crippen molar-refractivity contribution in [2.45, 2.75) is 12.3 Å². The minimum Gasteiger partial charge on any atom is -0.220 e. The van der Waals surface area contributed by atoms with Gasteiger partial charge < -0.3 is 0 Å². The Kier molecular flexibility index (Phi) is 1.69. The van der Waals surface area contributed by atoms with E-state index in [1.807, 2.05) is 13.0 Å². The Morgan fingerprint density at radius 3 is 3.08 bits per heavy atom. The Labute approximate surface area is 74.2 Å². The van der Waals surface area contributed by atoms with Gasteiger partial charge in [0.25, 0.3) is 5.78 Å². The standard InChI is InChI=1S/C7H7ClN4/c1-5(8)6-2-3-9-7-10-4-11-12(6)7/h2-5H,1H3. The van der Waals surface area contributed by atoms with Gasteiger partial charge in [-0.05, 0) is 13.0 Å². The normalized spacial score (nSPS) is 13.5. The molecule has 0 aliphatic heterocycles. The van der Waals surface area contributed by atoms with E-state index >= 15 is 0 Å². The molecule has 0 amide bonds. The quantitative estimate of drug-likeness (QED) is 0.627. The highest BCUT2D eigenvalue weighted by atomic mass is 35.5. The van der Waals surface area contributed by atoms with Gasteiger partial charge in [-0.2, -0.15) is 14.6 Å². The van der Waals surface area contributed by atoms with Crippen molar-refractivity contribution in [2.75, 3.05) is 0 Å². The minimum absolute atomic E-state index is 0.0859. The van der Waals surface area contributed by atoms with E-state index in [0.717, 1.165) is 5.69 Å². The van der Waals surface area contributed by atoms with Gasteiger partial charge >= 0.3 is 0 Å². The lowest BCUT2D eigenvalue weighted by molar-refractivity contribution is 0.834. The highest BCUT2D eigenvalue weighted by Crippen LogP contribution is 2.17. The van der Waals surface area contributed by atoms with Crippen molar-refractivity contribution in [1.82, 2.24) is 19.6 Å². The van der Waals surface area contributed by atoms with E-state index in [1.54, 1.807) is 10.7 Å². The number of nitrogens with zero attached hydrogens (tertiary/aromatic N) is 4. The lowest BCUT2D eigenvalue weighted by Gasteiger charge is -2.03. The number of halogens is 1. The van der Waals surface area contributed by atoms with Crippen LogP contribution in [0.25, 0.3) is 5.78 Å². The van der Waals surface area contributed by atoms with Gasteiger partial charge in [0, 0.05) is 6.20 Å². The molecule has 0 saturated heterocycles. The summed E-state index contributed by atoms with van der Waals surface area (Å²) in [6.07, 6.45) is 3.14. The second kappa shape index (κ2) is 2.71. The van der Waals surface area contributed by atoms with E-state index in [-0.39, 0.29) is 5.38 Å². The summed E-state index contributed by atoms with van der Waals surface area (Å²) in [4.78, 5) is 7.96. The summed E-state index contributed by atoms with van der Waals surface area (Å²) in [7, 11) is 0. The van der Waals surface area contributed by atoms with Crippen LogP contribution in [0.3, 0.4) is 0 Å². The van der Waals surface area contributed by atoms with Crippen molar-refractivity contribution in [1.29, 1.82) is 0 Å². The fourth-order valence-electron chi connectivity index (χ4n) is 1.06. The largest absolute Gasteiger partial charge is 0.252 e. The molecule has 0 aliphatic carbocycles. The molecular formula is C7H7ClN4. The average Bonchev–Trinajstić information content (AvgIpc) is 2.49. The van der Waals surface area contributed by atoms with Crippen LogP contribution in [-0.4, -0.2) is 19.6 Å². The first-order valence-electron chi connectivity index (χ1n) is 3.58. The number of rotatable bonds is 1. The molecule has 2 aromatic heterocycles. The number of aromatic nitrogens is 4. The number of alkyl halides is 1. The highest BCUT2D eigenvalue weighted by Gasteiger charge is 2.07. The first kappa shape index (κ1) is 7.49. The molecule has 4 nitrogen and oxygen atoms in total. The third kappa shape index (κ3) is 1.04. The number of hydrogen-bond donors (Lipinski definition) is 0. The summed E-state index contributed by atoms with van der Waals surface area (Å²) in [5, 5.41) is 3.91. The summed E-state index contributed by atoms with van der Waals surface area (Å²) in [6, 6.07) is 1.83. The Morgan fingerprint density at radius 2 is 2.33 bits per heavy atom. The molecule has 0 aliphatic rings. The molecule has 2 aromatic rings. The lowest BCUT2D eigenvalue weighted by Crippen LogP contribution is -2.00. The van der Waals surface area contributed by atoms with Crippen molar-refractivity contribution < 1.29 is 0 Å². The summed E-state index contributed by atoms with van der Waals surface area (Å²) >= 11 is 5.92. The Morgan fingerprint density at radius 1 is 1.50 bits per heavy atom. The van der Waals surface area contributed by atoms with E-state index in [2.05, 4.69) is 15.1 Å². The molecule has 5 heteroatoms. The second-order valence-corrected chi connectivity index (χ2v) is 3.11. The molecule has 0 radical (unpaired) electrons. The van der Waals surface area contributed by atoms with Crippen LogP contribution in [-0.2, 0) is 0 Å². The smallest absolute Gasteiger partial charge is 0.220 e. The van der Waals surface area contributed by atoms with Gasteiger partial charge in [0.15, 0.2) is 0 Å². The maximum atomic E-state index is 5.92. The Balaban J connectivity index is 2.73. The zero-order chi connectivity index (χ0) is 8.55. The molecule has 1 atom stereocenters. The van der Waals surface area contributed by atoms with Gasteiger partial charge in [0.1, 0.15) is 6.33 Å². The predicted octanol–water partition coefficient (Wildman–Crippen LogP) is 1.42. The summed E-state index contributed by atoms with van der Waals surface area (Å²) < 4.78 is 1.64. The van der Waals surface area contributed by atoms with Crippen molar-refractivity contribution >= 4 is 17.4 Å². The van der Waals surface area contributed by atoms with Crippen LogP contribution in [0.15, 0.2) is 18.6 Å². The van der Waals surface area contributed by atoms with Crippen LogP contribution in [0, 0.1) is 0 Å². The van der Waals surface area contributed by atoms with Crippen molar-refractivity contribution in [3.63, 3.8) is 0 Å². The van der Waals surface area contributed by atoms with Crippen LogP contribution in [0.4, 0.5) is 0 Å². The van der Waals surface area contributed by atoms with Gasteiger partial charge in [-0.1, -0.05) is 0 Å². The summed E-state index contributed by atoms with van der Waals surface area (Å²) in [5.74, 6) is 0.583. The number of hydrogen-bond acceptors (Lipinski definition) is 3. The molecule has 0 N–H and O–H groups in total. The maximum absolute atomic E-state index is 5.92. The molecule has 2 rings (SSSR count). The molecule has 0 bridgehead atoms. The molecule has 62 valence electrons. The third-order valence-corrected chi connectivity index (χ3v) is 1.84. The molecule has 0 spiro atoms. The van der Waals surface area contributed by atoms with Crippen molar-refractivity contribution in [3.8, 4) is 0 Å². The Hall–Kier alpha value is -1.16. The molecule has 0 aromatic carbocycles. The first-order valence-corrected chi connectivity index (χ1v) is 4.01. The average molecular weight is 183 g/mol. The van der Waals surface area contributed by atoms with Gasteiger partial charge in [0.05, 0.1) is 11.1 Å². The first-order chi connectivity index (χ1) is 5.79. The molecule has 2 heterocycles. The zero-order valence-corrected chi connectivity index (χ0v) is 7.23. The Bertz CT molecular complexity index is 395. The molecular weight excluding hydrogens is 176 g/mol. The predicted molar refractivity (Wildman–Crippen MR) is 45.1 cm³/mol. The molecule has 1 unspecified atom stereocenters. The lowest BCUT2D eigenvalue weighted by atomic mass is 10.3. The SMILES string of the molecule is CC(Cl)c1ccnc2ncnn12. The van der Waals surface area contributed by atoms with E-state index in [1.165, 1.54) is 6.33 Å². The fraction of sp³-hybridized carbons (Fsp3) is 0.286. The van der Waals surface area contributed by atoms with Crippen LogP contribution in [0.2, 0.25) is 0 Å². The van der Waals surface area contributed by atoms with Crippen molar-refractivity contribution in [2.24, 2.45) is 0 Å². The topological polar surface area (TPSA) is 43.1 Å². The number of fused-ring (bicyclic) bond motifs is 1. The van der Waals surface area contributed by atoms with E-state index in [0.29, 0.717) is 5.78 Å². The van der Waals surface area contributed by atoms with Crippen LogP contribution >= 0.6 is 11.6 Å². The van der Waals surface area contributed by atoms with Gasteiger partial charge in [-0.25, -0.2) is 4.98 Å². The molecule has 0 saturated carbocycles. The monoisotopic (exact) mass is 182 g/mol. The van der Waals surface area contributed by atoms with Crippen LogP contribution in [0.5, 0.6) is 0 Å². The van der Waals surface area contributed by atoms with E-state index in [4.69, 9.17) is 11.6 Å². The minimum atomic E-state index is -0.0859. The van der Waals surface area contributed by atoms with Crippen LogP contribution < -0.4 is 0 Å². The summed E-state index contributed by atoms with van der Waals surface area (Å²) in [5.41, 5.74) is 0.902. The second-order valence-electron chi connectivity index (χ2n) is 2.46. The van der Waals surface area contributed by atoms with E-state index < -0.39 is 0 Å². The summed E-state index contributed by atoms with van der Waals surface area (Å²) in [6.45, 7) is 1.89. The van der Waals surface area contributed by atoms with Gasteiger partial charge in [-0.3, -0.25) is 0 Å². The van der Waals surface area contributed by atoms with Crippen molar-refractivity contribution in [3.05, 3.63) is 24.3 Å². The van der Waals surface area contributed by atoms with Gasteiger partial charge in [0.2, 0.25) is 0 Å².